The summed E-state index contributed by atoms with van der Waals surface area (Å²) in [5, 5.41) is 2.54. The lowest BCUT2D eigenvalue weighted by Crippen LogP contribution is -2.40. The van der Waals surface area contributed by atoms with Gasteiger partial charge in [0.1, 0.15) is 16.4 Å². The lowest BCUT2D eigenvalue weighted by molar-refractivity contribution is -0.149. The highest BCUT2D eigenvalue weighted by molar-refractivity contribution is 7.89. The van der Waals surface area contributed by atoms with Gasteiger partial charge in [-0.2, -0.15) is 4.31 Å². The van der Waals surface area contributed by atoms with Crippen LogP contribution in [0.5, 0.6) is 11.5 Å². The molecular formula is C23H28N2O8S. The second-order valence-electron chi connectivity index (χ2n) is 7.60. The minimum absolute atomic E-state index is 0.0753. The van der Waals surface area contributed by atoms with Crippen LogP contribution in [0.1, 0.15) is 11.1 Å². The van der Waals surface area contributed by atoms with Crippen LogP contribution in [0, 0.1) is 13.8 Å². The number of methoxy groups -OCH3 is 1. The molecule has 1 fully saturated rings. The van der Waals surface area contributed by atoms with E-state index in [1.807, 2.05) is 32.0 Å². The Bertz CT molecular complexity index is 1120. The zero-order valence-corrected chi connectivity index (χ0v) is 20.1. The molecule has 10 nitrogen and oxygen atoms in total. The van der Waals surface area contributed by atoms with E-state index in [4.69, 9.17) is 18.9 Å². The van der Waals surface area contributed by atoms with Crippen molar-refractivity contribution in [3.63, 3.8) is 0 Å². The first-order valence-corrected chi connectivity index (χ1v) is 12.1. The first-order chi connectivity index (χ1) is 16.2. The molecule has 0 saturated carbocycles. The summed E-state index contributed by atoms with van der Waals surface area (Å²) in [6.45, 7) is 3.89. The second-order valence-corrected chi connectivity index (χ2v) is 9.51. The lowest BCUT2D eigenvalue weighted by atomic mass is 10.1. The molecule has 11 heteroatoms. The Morgan fingerprint density at radius 3 is 2.38 bits per heavy atom. The number of hydrogen-bond acceptors (Lipinski definition) is 8. The molecule has 2 aromatic carbocycles. The van der Waals surface area contributed by atoms with Crippen molar-refractivity contribution in [2.45, 2.75) is 18.7 Å². The smallest absolute Gasteiger partial charge is 0.344 e. The third-order valence-corrected chi connectivity index (χ3v) is 7.06. The molecule has 3 rings (SSSR count). The van der Waals surface area contributed by atoms with E-state index in [0.717, 1.165) is 11.1 Å². The number of hydrogen-bond donors (Lipinski definition) is 1. The summed E-state index contributed by atoms with van der Waals surface area (Å²) in [6, 6.07) is 9.88. The Labute approximate surface area is 198 Å². The van der Waals surface area contributed by atoms with Crippen LogP contribution in [0.3, 0.4) is 0 Å². The Hall–Kier alpha value is -3.15. The van der Waals surface area contributed by atoms with Gasteiger partial charge in [0.05, 0.1) is 20.3 Å². The number of carbonyl (C=O) groups excluding carboxylic acids is 2. The molecule has 0 bridgehead atoms. The van der Waals surface area contributed by atoms with Crippen LogP contribution in [-0.4, -0.2) is 71.2 Å². The van der Waals surface area contributed by atoms with Crippen LogP contribution >= 0.6 is 0 Å². The molecule has 0 aliphatic carbocycles. The number of aryl methyl sites for hydroxylation is 2. The summed E-state index contributed by atoms with van der Waals surface area (Å²) in [4.78, 5) is 24.2. The average Bonchev–Trinajstić information content (AvgIpc) is 2.83. The molecule has 1 saturated heterocycles. The molecule has 0 radical (unpaired) electrons. The van der Waals surface area contributed by atoms with Gasteiger partial charge >= 0.3 is 5.97 Å². The van der Waals surface area contributed by atoms with E-state index in [1.165, 1.54) is 29.6 Å². The number of rotatable bonds is 9. The van der Waals surface area contributed by atoms with E-state index >= 15 is 0 Å². The molecule has 0 unspecified atom stereocenters. The Morgan fingerprint density at radius 1 is 1.06 bits per heavy atom. The molecular weight excluding hydrogens is 464 g/mol. The fourth-order valence-electron chi connectivity index (χ4n) is 3.42. The number of ether oxygens (including phenoxy) is 4. The maximum Gasteiger partial charge on any atom is 0.344 e. The molecule has 0 spiro atoms. The quantitative estimate of drug-likeness (QED) is 0.527. The Morgan fingerprint density at radius 2 is 1.74 bits per heavy atom. The van der Waals surface area contributed by atoms with E-state index < -0.39 is 28.5 Å². The Kier molecular flexibility index (Phi) is 8.48. The first kappa shape index (κ1) is 25.5. The maximum absolute atomic E-state index is 13.1. The zero-order valence-electron chi connectivity index (χ0n) is 19.3. The van der Waals surface area contributed by atoms with Crippen LogP contribution in [0.2, 0.25) is 0 Å². The minimum atomic E-state index is -3.85. The van der Waals surface area contributed by atoms with E-state index in [2.05, 4.69) is 5.32 Å². The van der Waals surface area contributed by atoms with Crippen molar-refractivity contribution in [3.05, 3.63) is 47.5 Å². The second kappa shape index (κ2) is 11.3. The van der Waals surface area contributed by atoms with Gasteiger partial charge in [-0.25, -0.2) is 13.2 Å². The molecule has 184 valence electrons. The van der Waals surface area contributed by atoms with Gasteiger partial charge in [-0.05, 0) is 43.2 Å². The minimum Gasteiger partial charge on any atom is -0.495 e. The number of benzene rings is 2. The highest BCUT2D eigenvalue weighted by Crippen LogP contribution is 2.30. The summed E-state index contributed by atoms with van der Waals surface area (Å²) in [5.74, 6) is -0.584. The molecule has 34 heavy (non-hydrogen) atoms. The standard InChI is InChI=1S/C23H28N2O8S/c1-16-5-4-6-17(2)23(16)33-15-22(27)32-14-21(26)24-18-7-8-19(30-3)20(13-18)34(28,29)25-9-11-31-12-10-25/h4-8,13H,9-12,14-15H2,1-3H3,(H,24,26). The number of amides is 1. The molecule has 0 atom stereocenters. The van der Waals surface area contributed by atoms with Gasteiger partial charge in [0.25, 0.3) is 5.91 Å². The summed E-state index contributed by atoms with van der Waals surface area (Å²) in [7, 11) is -2.49. The summed E-state index contributed by atoms with van der Waals surface area (Å²) in [5.41, 5.74) is 1.99. The van der Waals surface area contributed by atoms with Crippen LogP contribution < -0.4 is 14.8 Å². The van der Waals surface area contributed by atoms with Crippen LogP contribution in [0.25, 0.3) is 0 Å². The predicted octanol–water partition coefficient (Wildman–Crippen LogP) is 1.89. The van der Waals surface area contributed by atoms with Crippen molar-refractivity contribution in [1.82, 2.24) is 4.31 Å². The van der Waals surface area contributed by atoms with Gasteiger partial charge in [0, 0.05) is 18.8 Å². The van der Waals surface area contributed by atoms with Gasteiger partial charge in [0.2, 0.25) is 10.0 Å². The number of nitrogens with zero attached hydrogens (tertiary/aromatic N) is 1. The third-order valence-electron chi connectivity index (χ3n) is 5.14. The highest BCUT2D eigenvalue weighted by atomic mass is 32.2. The molecule has 0 aromatic heterocycles. The van der Waals surface area contributed by atoms with Gasteiger partial charge in [-0.3, -0.25) is 4.79 Å². The average molecular weight is 493 g/mol. The van der Waals surface area contributed by atoms with Gasteiger partial charge in [-0.15, -0.1) is 0 Å². The zero-order chi connectivity index (χ0) is 24.7. The number of morpholine rings is 1. The highest BCUT2D eigenvalue weighted by Gasteiger charge is 2.29. The predicted molar refractivity (Wildman–Crippen MR) is 124 cm³/mol. The molecule has 1 heterocycles. The topological polar surface area (TPSA) is 120 Å². The van der Waals surface area contributed by atoms with E-state index in [0.29, 0.717) is 19.0 Å². The largest absolute Gasteiger partial charge is 0.495 e. The van der Waals surface area contributed by atoms with Crippen LogP contribution in [0.4, 0.5) is 5.69 Å². The molecule has 2 aromatic rings. The van der Waals surface area contributed by atoms with Crippen molar-refractivity contribution in [3.8, 4) is 11.5 Å². The van der Waals surface area contributed by atoms with Crippen LogP contribution in [0.15, 0.2) is 41.3 Å². The molecule has 1 aliphatic rings. The van der Waals surface area contributed by atoms with Crippen molar-refractivity contribution in [1.29, 1.82) is 0 Å². The fourth-order valence-corrected chi connectivity index (χ4v) is 5.01. The molecule has 1 aliphatic heterocycles. The van der Waals surface area contributed by atoms with Crippen LogP contribution in [-0.2, 0) is 29.1 Å². The maximum atomic E-state index is 13.1. The summed E-state index contributed by atoms with van der Waals surface area (Å²) >= 11 is 0. The van der Waals surface area contributed by atoms with Crippen molar-refractivity contribution in [2.24, 2.45) is 0 Å². The van der Waals surface area contributed by atoms with Crippen molar-refractivity contribution < 1.29 is 37.0 Å². The number of esters is 1. The lowest BCUT2D eigenvalue weighted by Gasteiger charge is -2.26. The normalized spacial score (nSPS) is 14.3. The monoisotopic (exact) mass is 492 g/mol. The van der Waals surface area contributed by atoms with Crippen molar-refractivity contribution in [2.75, 3.05) is 51.9 Å². The third kappa shape index (κ3) is 6.25. The molecule has 1 amide bonds. The number of nitrogens with one attached hydrogen (secondary N) is 1. The first-order valence-electron chi connectivity index (χ1n) is 10.6. The SMILES string of the molecule is COc1ccc(NC(=O)COC(=O)COc2c(C)cccc2C)cc1S(=O)(=O)N1CCOCC1. The number of para-hydroxylation sites is 1. The Balaban J connectivity index is 1.59. The number of anilines is 1. The van der Waals surface area contributed by atoms with Gasteiger partial charge in [-0.1, -0.05) is 18.2 Å². The van der Waals surface area contributed by atoms with Gasteiger partial charge < -0.3 is 24.3 Å². The number of sulfonamides is 1. The van der Waals surface area contributed by atoms with E-state index in [-0.39, 0.29) is 36.0 Å². The number of carbonyl (C=O) groups is 2. The fraction of sp³-hybridized carbons (Fsp3) is 0.391. The summed E-state index contributed by atoms with van der Waals surface area (Å²) < 4.78 is 48.3. The van der Waals surface area contributed by atoms with Crippen molar-refractivity contribution >= 4 is 27.6 Å². The van der Waals surface area contributed by atoms with Gasteiger partial charge in [0.15, 0.2) is 13.2 Å². The summed E-state index contributed by atoms with van der Waals surface area (Å²) in [6.07, 6.45) is 0. The van der Waals surface area contributed by atoms with E-state index in [1.54, 1.807) is 0 Å². The van der Waals surface area contributed by atoms with E-state index in [9.17, 15) is 18.0 Å². The molecule has 1 N–H and O–H groups in total.